The van der Waals surface area contributed by atoms with E-state index in [-0.39, 0.29) is 0 Å². The molecule has 1 aliphatic rings. The van der Waals surface area contributed by atoms with E-state index >= 15 is 0 Å². The molecule has 0 radical (unpaired) electrons. The lowest BCUT2D eigenvalue weighted by atomic mass is 9.84. The summed E-state index contributed by atoms with van der Waals surface area (Å²) in [5.74, 6) is 1.64. The number of hydrogen-bond donors (Lipinski definition) is 1. The topological polar surface area (TPSA) is 15.3 Å². The Morgan fingerprint density at radius 1 is 1.15 bits per heavy atom. The third-order valence-corrected chi connectivity index (χ3v) is 4.38. The first-order chi connectivity index (χ1) is 9.66. The molecule has 2 nitrogen and oxygen atoms in total. The minimum Gasteiger partial charge on any atom is -0.315 e. The van der Waals surface area contributed by atoms with Gasteiger partial charge in [-0.25, -0.2) is 0 Å². The minimum atomic E-state index is 0.496. The second-order valence-electron chi connectivity index (χ2n) is 6.72. The molecule has 1 saturated carbocycles. The molecule has 0 aromatic heterocycles. The maximum absolute atomic E-state index is 3.63. The highest BCUT2D eigenvalue weighted by Crippen LogP contribution is 2.29. The molecular weight excluding hydrogens is 244 g/mol. The number of nitrogens with one attached hydrogen (secondary N) is 1. The molecule has 0 spiro atoms. The van der Waals surface area contributed by atoms with Crippen LogP contribution in [0.5, 0.6) is 0 Å². The second-order valence-corrected chi connectivity index (χ2v) is 6.72. The minimum absolute atomic E-state index is 0.496. The monoisotopic (exact) mass is 274 g/mol. The van der Waals surface area contributed by atoms with Crippen molar-refractivity contribution in [3.63, 3.8) is 0 Å². The van der Waals surface area contributed by atoms with Gasteiger partial charge in [0.1, 0.15) is 0 Å². The summed E-state index contributed by atoms with van der Waals surface area (Å²) in [6, 6.07) is 11.4. The van der Waals surface area contributed by atoms with E-state index < -0.39 is 0 Å². The van der Waals surface area contributed by atoms with Crippen molar-refractivity contribution in [2.45, 2.75) is 39.2 Å². The lowest BCUT2D eigenvalue weighted by Crippen LogP contribution is -2.38. The molecular formula is C18H30N2. The first kappa shape index (κ1) is 15.5. The number of nitrogens with zero attached hydrogens (tertiary/aromatic N) is 1. The van der Waals surface area contributed by atoms with Gasteiger partial charge >= 0.3 is 0 Å². The van der Waals surface area contributed by atoms with Crippen LogP contribution in [-0.2, 0) is 0 Å². The fourth-order valence-electron chi connectivity index (χ4n) is 2.92. The van der Waals surface area contributed by atoms with Crippen molar-refractivity contribution in [1.82, 2.24) is 10.2 Å². The Bertz CT molecular complexity index is 370. The van der Waals surface area contributed by atoms with Crippen LogP contribution in [0.2, 0.25) is 0 Å². The Morgan fingerprint density at radius 3 is 2.40 bits per heavy atom. The van der Waals surface area contributed by atoms with E-state index in [1.54, 1.807) is 0 Å². The van der Waals surface area contributed by atoms with Crippen molar-refractivity contribution in [2.24, 2.45) is 11.8 Å². The summed E-state index contributed by atoms with van der Waals surface area (Å²) in [6.45, 7) is 7.92. The van der Waals surface area contributed by atoms with Crippen molar-refractivity contribution in [3.8, 4) is 0 Å². The fourth-order valence-corrected chi connectivity index (χ4v) is 2.92. The first-order valence-electron chi connectivity index (χ1n) is 8.12. The molecule has 2 heteroatoms. The zero-order valence-corrected chi connectivity index (χ0v) is 13.3. The normalized spacial score (nSPS) is 17.4. The van der Waals surface area contributed by atoms with Crippen LogP contribution in [0.25, 0.3) is 0 Å². The van der Waals surface area contributed by atoms with Gasteiger partial charge in [0, 0.05) is 19.1 Å². The van der Waals surface area contributed by atoms with Crippen LogP contribution >= 0.6 is 0 Å². The summed E-state index contributed by atoms with van der Waals surface area (Å²) in [5.41, 5.74) is 1.44. The largest absolute Gasteiger partial charge is 0.315 e. The third kappa shape index (κ3) is 4.60. The van der Waals surface area contributed by atoms with Gasteiger partial charge in [-0.1, -0.05) is 50.6 Å². The van der Waals surface area contributed by atoms with Crippen LogP contribution in [0.1, 0.15) is 44.7 Å². The molecule has 1 fully saturated rings. The average molecular weight is 274 g/mol. The highest BCUT2D eigenvalue weighted by atomic mass is 15.2. The van der Waals surface area contributed by atoms with Crippen molar-refractivity contribution in [2.75, 3.05) is 26.7 Å². The maximum Gasteiger partial charge on any atom is 0.0469 e. The molecule has 1 aromatic rings. The molecule has 0 bridgehead atoms. The van der Waals surface area contributed by atoms with E-state index in [1.807, 2.05) is 0 Å². The zero-order chi connectivity index (χ0) is 14.4. The highest BCUT2D eigenvalue weighted by molar-refractivity contribution is 5.19. The van der Waals surface area contributed by atoms with Crippen molar-refractivity contribution < 1.29 is 0 Å². The SMILES string of the molecule is CC(C)CNCC(c1ccccc1)N(C)CC1CCC1. The smallest absolute Gasteiger partial charge is 0.0469 e. The number of hydrogen-bond acceptors (Lipinski definition) is 2. The van der Waals surface area contributed by atoms with Gasteiger partial charge in [0.25, 0.3) is 0 Å². The molecule has 1 atom stereocenters. The first-order valence-corrected chi connectivity index (χ1v) is 8.12. The van der Waals surface area contributed by atoms with E-state index in [2.05, 4.69) is 61.4 Å². The van der Waals surface area contributed by atoms with Crippen LogP contribution in [0.4, 0.5) is 0 Å². The van der Waals surface area contributed by atoms with E-state index in [4.69, 9.17) is 0 Å². The molecule has 0 heterocycles. The fraction of sp³-hybridized carbons (Fsp3) is 0.667. The van der Waals surface area contributed by atoms with Crippen LogP contribution in [-0.4, -0.2) is 31.6 Å². The van der Waals surface area contributed by atoms with E-state index in [0.717, 1.165) is 19.0 Å². The predicted octanol–water partition coefficient (Wildman–Crippen LogP) is 3.71. The molecule has 0 aliphatic heterocycles. The number of likely N-dealkylation sites (N-methyl/N-ethyl adjacent to an activating group) is 1. The van der Waals surface area contributed by atoms with Gasteiger partial charge in [-0.2, -0.15) is 0 Å². The maximum atomic E-state index is 3.63. The molecule has 1 aromatic carbocycles. The predicted molar refractivity (Wildman–Crippen MR) is 86.9 cm³/mol. The summed E-state index contributed by atoms with van der Waals surface area (Å²) < 4.78 is 0. The van der Waals surface area contributed by atoms with Crippen LogP contribution in [0, 0.1) is 11.8 Å². The molecule has 0 amide bonds. The van der Waals surface area contributed by atoms with Crippen molar-refractivity contribution in [1.29, 1.82) is 0 Å². The zero-order valence-electron chi connectivity index (χ0n) is 13.3. The quantitative estimate of drug-likeness (QED) is 0.777. The van der Waals surface area contributed by atoms with Gasteiger partial charge in [0.15, 0.2) is 0 Å². The van der Waals surface area contributed by atoms with Crippen LogP contribution in [0.15, 0.2) is 30.3 Å². The molecule has 1 aliphatic carbocycles. The van der Waals surface area contributed by atoms with Gasteiger partial charge in [-0.05, 0) is 43.8 Å². The van der Waals surface area contributed by atoms with Gasteiger partial charge in [-0.3, -0.25) is 4.90 Å². The molecule has 2 rings (SSSR count). The van der Waals surface area contributed by atoms with Crippen LogP contribution in [0.3, 0.4) is 0 Å². The molecule has 20 heavy (non-hydrogen) atoms. The van der Waals surface area contributed by atoms with Gasteiger partial charge in [-0.15, -0.1) is 0 Å². The van der Waals surface area contributed by atoms with E-state index in [0.29, 0.717) is 12.0 Å². The van der Waals surface area contributed by atoms with Gasteiger partial charge < -0.3 is 5.32 Å². The van der Waals surface area contributed by atoms with Crippen molar-refractivity contribution in [3.05, 3.63) is 35.9 Å². The van der Waals surface area contributed by atoms with E-state index in [1.165, 1.54) is 31.4 Å². The average Bonchev–Trinajstić information content (AvgIpc) is 2.39. The van der Waals surface area contributed by atoms with E-state index in [9.17, 15) is 0 Å². The summed E-state index contributed by atoms with van der Waals surface area (Å²) >= 11 is 0. The van der Waals surface area contributed by atoms with Crippen molar-refractivity contribution >= 4 is 0 Å². The second kappa shape index (κ2) is 7.80. The standard InChI is InChI=1S/C18H30N2/c1-15(2)12-19-13-18(17-10-5-4-6-11-17)20(3)14-16-8-7-9-16/h4-6,10-11,15-16,18-19H,7-9,12-14H2,1-3H3. The Kier molecular flexibility index (Phi) is 6.06. The number of rotatable bonds is 8. The summed E-state index contributed by atoms with van der Waals surface area (Å²) in [6.07, 6.45) is 4.27. The molecule has 0 saturated heterocycles. The highest BCUT2D eigenvalue weighted by Gasteiger charge is 2.23. The van der Waals surface area contributed by atoms with Gasteiger partial charge in [0.2, 0.25) is 0 Å². The molecule has 1 unspecified atom stereocenters. The lowest BCUT2D eigenvalue weighted by molar-refractivity contribution is 0.159. The summed E-state index contributed by atoms with van der Waals surface area (Å²) in [7, 11) is 2.28. The Morgan fingerprint density at radius 2 is 1.85 bits per heavy atom. The third-order valence-electron chi connectivity index (χ3n) is 4.38. The molecule has 1 N–H and O–H groups in total. The lowest BCUT2D eigenvalue weighted by Gasteiger charge is -2.35. The Balaban J connectivity index is 1.95. The molecule has 112 valence electrons. The Labute approximate surface area is 124 Å². The van der Waals surface area contributed by atoms with Crippen LogP contribution < -0.4 is 5.32 Å². The number of benzene rings is 1. The summed E-state index contributed by atoms with van der Waals surface area (Å²) in [5, 5.41) is 3.63. The Hall–Kier alpha value is -0.860. The summed E-state index contributed by atoms with van der Waals surface area (Å²) in [4.78, 5) is 2.55. The van der Waals surface area contributed by atoms with Gasteiger partial charge in [0.05, 0.1) is 0 Å².